The van der Waals surface area contributed by atoms with Crippen LogP contribution in [0.1, 0.15) is 32.3 Å². The molecule has 6 heteroatoms. The van der Waals surface area contributed by atoms with E-state index < -0.39 is 19.4 Å². The summed E-state index contributed by atoms with van der Waals surface area (Å²) in [7, 11) is -1.12. The first-order chi connectivity index (χ1) is 12.7. The van der Waals surface area contributed by atoms with Gasteiger partial charge in [0.1, 0.15) is 0 Å². The Balaban J connectivity index is 0.00000171. The van der Waals surface area contributed by atoms with Crippen molar-refractivity contribution in [3.8, 4) is 0 Å². The molecule has 0 saturated carbocycles. The first-order valence-electron chi connectivity index (χ1n) is 11.7. The van der Waals surface area contributed by atoms with E-state index in [0.717, 1.165) is 0 Å². The third kappa shape index (κ3) is 4.60. The molecule has 174 valence electrons. The zero-order chi connectivity index (χ0) is 21.7. The van der Waals surface area contributed by atoms with Gasteiger partial charge < -0.3 is 24.8 Å². The Morgan fingerprint density at radius 1 is 0.903 bits per heavy atom. The van der Waals surface area contributed by atoms with Crippen LogP contribution in [0.25, 0.3) is 6.08 Å². The van der Waals surface area contributed by atoms with Crippen molar-refractivity contribution in [3.05, 3.63) is 64.3 Å². The van der Waals surface area contributed by atoms with E-state index in [4.69, 9.17) is 0 Å². The molecule has 0 heterocycles. The predicted octanol–water partition coefficient (Wildman–Crippen LogP) is 0.459. The van der Waals surface area contributed by atoms with Gasteiger partial charge in [-0.1, -0.05) is 0 Å². The predicted molar refractivity (Wildman–Crippen MR) is 140 cm³/mol. The molecule has 0 aliphatic heterocycles. The summed E-state index contributed by atoms with van der Waals surface area (Å²) in [6.45, 7) is 12.4. The van der Waals surface area contributed by atoms with Gasteiger partial charge in [-0.25, -0.2) is 0 Å². The summed E-state index contributed by atoms with van der Waals surface area (Å²) in [5.74, 6) is 0. The molecule has 0 fully saturated rings. The van der Waals surface area contributed by atoms with E-state index in [-0.39, 0.29) is 24.8 Å². The molecule has 2 unspecified atom stereocenters. The van der Waals surface area contributed by atoms with Gasteiger partial charge in [0, 0.05) is 0 Å². The fraction of sp³-hybridized carbons (Fsp3) is 0.520. The molecule has 1 aromatic carbocycles. The van der Waals surface area contributed by atoms with Crippen LogP contribution < -0.4 is 24.8 Å². The minimum absolute atomic E-state index is 0. The van der Waals surface area contributed by atoms with Crippen molar-refractivity contribution in [2.75, 3.05) is 0 Å². The van der Waals surface area contributed by atoms with E-state index in [1.807, 2.05) is 0 Å². The first-order valence-corrected chi connectivity index (χ1v) is 50.6. The Labute approximate surface area is 197 Å². The van der Waals surface area contributed by atoms with Crippen LogP contribution in [0.3, 0.4) is 0 Å². The van der Waals surface area contributed by atoms with Crippen molar-refractivity contribution < 1.29 is 36.2 Å². The number of fused-ring (bicyclic) bond motifs is 2. The van der Waals surface area contributed by atoms with Crippen LogP contribution in [0.15, 0.2) is 42.0 Å². The van der Waals surface area contributed by atoms with Crippen LogP contribution >= 0.6 is 0 Å². The van der Waals surface area contributed by atoms with Crippen molar-refractivity contribution in [1.29, 1.82) is 0 Å². The second kappa shape index (κ2) is 6.02. The van der Waals surface area contributed by atoms with Gasteiger partial charge in [-0.3, -0.25) is 0 Å². The van der Waals surface area contributed by atoms with E-state index >= 15 is 0 Å². The smallest absolute Gasteiger partial charge is 1.00 e. The molecule has 3 aliphatic carbocycles. The van der Waals surface area contributed by atoms with Gasteiger partial charge in [0.25, 0.3) is 0 Å². The van der Waals surface area contributed by atoms with Crippen LogP contribution in [0.5, 0.6) is 0 Å². The Morgan fingerprint density at radius 2 is 1.48 bits per heavy atom. The number of benzene rings is 1. The van der Waals surface area contributed by atoms with Crippen molar-refractivity contribution in [1.82, 2.24) is 0 Å². The standard InChI is InChI=1S/C12H11.C9H15Si.4CH3.2ClH.Hf.2H2Si/c1-3-9-7-11-5-2-6-12(11)8-10(9)4-1;1-10(2,3)8-9-6-4-5-7-9;;;;;;;;;/h1,3-4,7-8H,2,5-6H2;4-7H,8H2,1-3H3;4*1H3;2*1H;;2*1H2/p-2. The SMILES string of the molecule is C[Si](C)(C)CC1=C[CH]([Hf]([CH3])([CH3])([CH3])([CH3])(=[SiH2])(=[SiH2])[CH]2C=Cc3cc4c(cc32)CCC4)C=C1.[Cl-].[Cl-]. The molecule has 2 atom stereocenters. The third-order valence-electron chi connectivity index (χ3n) is 8.61. The minimum Gasteiger partial charge on any atom is -1.00 e. The number of allylic oxidation sites excluding steroid dienone is 5. The maximum atomic E-state index is 2.76. The average Bonchev–Trinajstić information content (AvgIpc) is 3.19. The third-order valence-corrected chi connectivity index (χ3v) is 55.8. The molecular weight excluding hydrogens is 634 g/mol. The molecule has 0 bridgehead atoms. The second-order valence-electron chi connectivity index (χ2n) is 17.7. The van der Waals surface area contributed by atoms with Gasteiger partial charge in [-0.05, 0) is 0 Å². The molecule has 0 nitrogen and oxygen atoms in total. The Hall–Kier alpha value is 0.541. The van der Waals surface area contributed by atoms with Crippen LogP contribution in [0.4, 0.5) is 0 Å². The molecule has 0 spiro atoms. The molecule has 0 N–H and O–H groups in total. The van der Waals surface area contributed by atoms with Gasteiger partial charge in [0.05, 0.1) is 0 Å². The Morgan fingerprint density at radius 3 is 2.06 bits per heavy atom. The number of hydrogen-bond donors (Lipinski definition) is 0. The summed E-state index contributed by atoms with van der Waals surface area (Å²) in [6.07, 6.45) is 16.7. The number of hydrogen-bond acceptors (Lipinski definition) is 0. The number of aryl methyl sites for hydroxylation is 2. The summed E-state index contributed by atoms with van der Waals surface area (Å²) in [4.78, 5) is 0. The Bertz CT molecular complexity index is 1300. The van der Waals surface area contributed by atoms with Gasteiger partial charge in [0.15, 0.2) is 0 Å². The maximum Gasteiger partial charge on any atom is -1.00 e. The molecule has 0 radical (unpaired) electrons. The molecule has 4 rings (SSSR count). The topological polar surface area (TPSA) is 0 Å². The van der Waals surface area contributed by atoms with Crippen molar-refractivity contribution in [2.45, 2.75) is 71.0 Å². The van der Waals surface area contributed by atoms with Crippen LogP contribution in [0, 0.1) is 0 Å². The monoisotopic (exact) mass is 676 g/mol. The summed E-state index contributed by atoms with van der Waals surface area (Å²) < 4.78 is 12.1. The normalized spacial score (nSPS) is 26.9. The van der Waals surface area contributed by atoms with E-state index in [9.17, 15) is 0 Å². The van der Waals surface area contributed by atoms with Crippen LogP contribution in [-0.4, -0.2) is 22.0 Å². The van der Waals surface area contributed by atoms with Gasteiger partial charge in [0.2, 0.25) is 0 Å². The number of halogens is 2. The first kappa shape index (κ1) is 27.8. The summed E-state index contributed by atoms with van der Waals surface area (Å²) in [6, 6.07) is 6.43. The minimum atomic E-state index is -4.81. The molecule has 1 aromatic rings. The van der Waals surface area contributed by atoms with E-state index in [0.29, 0.717) is 7.35 Å². The molecule has 0 saturated heterocycles. The maximum absolute atomic E-state index is 4.81. The summed E-state index contributed by atoms with van der Waals surface area (Å²) in [5.41, 5.74) is 7.95. The van der Waals surface area contributed by atoms with Crippen molar-refractivity contribution in [3.63, 3.8) is 0 Å². The molecule has 0 aromatic heterocycles. The fourth-order valence-corrected chi connectivity index (χ4v) is 40.3. The van der Waals surface area contributed by atoms with Crippen molar-refractivity contribution in [2.24, 2.45) is 0 Å². The molecule has 3 aliphatic rings. The molecule has 0 amide bonds. The quantitative estimate of drug-likeness (QED) is 0.408. The van der Waals surface area contributed by atoms with Crippen LogP contribution in [-0.2, 0) is 24.2 Å². The Kier molecular flexibility index (Phi) is 5.39. The van der Waals surface area contributed by atoms with Crippen LogP contribution in [0.2, 0.25) is 48.1 Å². The van der Waals surface area contributed by atoms with Crippen molar-refractivity contribution >= 4 is 28.0 Å². The van der Waals surface area contributed by atoms with Gasteiger partial charge >= 0.3 is 175 Å². The summed E-state index contributed by atoms with van der Waals surface area (Å²) in [5, 5.41) is 0. The second-order valence-corrected chi connectivity index (χ2v) is 171. The zero-order valence-electron chi connectivity index (χ0n) is 20.7. The van der Waals surface area contributed by atoms with Gasteiger partial charge in [-0.15, -0.1) is 0 Å². The molecule has 31 heavy (non-hydrogen) atoms. The summed E-state index contributed by atoms with van der Waals surface area (Å²) >= 11 is -4.81. The molecular formula is C25H42Cl2HfSi3-2. The largest absolute Gasteiger partial charge is 1.00 e. The van der Waals surface area contributed by atoms with Gasteiger partial charge in [-0.2, -0.15) is 0 Å². The fourth-order valence-electron chi connectivity index (χ4n) is 6.47. The zero-order valence-corrected chi connectivity index (χ0v) is 29.6. The van der Waals surface area contributed by atoms with E-state index in [1.165, 1.54) is 30.9 Å². The average molecular weight is 676 g/mol. The van der Waals surface area contributed by atoms with E-state index in [1.54, 1.807) is 22.3 Å². The number of rotatable bonds is 4. The van der Waals surface area contributed by atoms with E-state index in [2.05, 4.69) is 94.8 Å².